The van der Waals surface area contributed by atoms with E-state index in [1.807, 2.05) is 0 Å². The van der Waals surface area contributed by atoms with Crippen LogP contribution in [-0.4, -0.2) is 41.7 Å². The molecule has 0 aromatic carbocycles. The zero-order chi connectivity index (χ0) is 15.1. The van der Waals surface area contributed by atoms with Crippen molar-refractivity contribution in [2.75, 3.05) is 19.8 Å². The maximum absolute atomic E-state index is 12.2. The van der Waals surface area contributed by atoms with E-state index in [-0.39, 0.29) is 11.6 Å². The van der Waals surface area contributed by atoms with Gasteiger partial charge in [-0.15, -0.1) is 0 Å². The van der Waals surface area contributed by atoms with Crippen LogP contribution in [0.15, 0.2) is 24.4 Å². The molecule has 1 atom stereocenters. The predicted molar refractivity (Wildman–Crippen MR) is 76.8 cm³/mol. The second-order valence-electron chi connectivity index (χ2n) is 4.91. The van der Waals surface area contributed by atoms with Gasteiger partial charge in [0.2, 0.25) is 0 Å². The monoisotopic (exact) mass is 290 g/mol. The van der Waals surface area contributed by atoms with Crippen molar-refractivity contribution in [3.8, 4) is 0 Å². The predicted octanol–water partition coefficient (Wildman–Crippen LogP) is 1.34. The van der Waals surface area contributed by atoms with Crippen LogP contribution in [0.25, 0.3) is 6.08 Å². The van der Waals surface area contributed by atoms with E-state index in [1.165, 1.54) is 12.3 Å². The molecule has 1 amide bonds. The normalized spacial score (nSPS) is 18.6. The molecule has 1 saturated heterocycles. The summed E-state index contributed by atoms with van der Waals surface area (Å²) in [5, 5.41) is 11.5. The molecule has 1 aliphatic heterocycles. The number of rotatable bonds is 5. The van der Waals surface area contributed by atoms with E-state index in [9.17, 15) is 9.59 Å². The van der Waals surface area contributed by atoms with Gasteiger partial charge in [0.05, 0.1) is 6.61 Å². The minimum absolute atomic E-state index is 0.228. The van der Waals surface area contributed by atoms with Crippen molar-refractivity contribution in [2.45, 2.75) is 12.8 Å². The van der Waals surface area contributed by atoms with Crippen molar-refractivity contribution in [3.05, 3.63) is 35.7 Å². The lowest BCUT2D eigenvalue weighted by Crippen LogP contribution is -2.33. The van der Waals surface area contributed by atoms with Gasteiger partial charge in [-0.25, -0.2) is 4.79 Å². The molecule has 2 heterocycles. The standard InChI is InChI=1S/C15H18N2O4/c18-13(19)6-5-12-4-1-7-16-14(12)15(20)17-9-11-3-2-8-21-10-11/h1,4-7,11H,2-3,8-10H2,(H,17,20)(H,18,19)/b6-5+. The Morgan fingerprint density at radius 2 is 2.38 bits per heavy atom. The summed E-state index contributed by atoms with van der Waals surface area (Å²) in [4.78, 5) is 26.8. The van der Waals surface area contributed by atoms with Crippen molar-refractivity contribution in [2.24, 2.45) is 5.92 Å². The van der Waals surface area contributed by atoms with Crippen LogP contribution in [0.4, 0.5) is 0 Å². The van der Waals surface area contributed by atoms with Gasteiger partial charge in [-0.3, -0.25) is 9.78 Å². The van der Waals surface area contributed by atoms with Gasteiger partial charge in [-0.1, -0.05) is 6.07 Å². The maximum atomic E-state index is 12.2. The van der Waals surface area contributed by atoms with Gasteiger partial charge in [-0.05, 0) is 30.9 Å². The molecular formula is C15H18N2O4. The van der Waals surface area contributed by atoms with Crippen LogP contribution >= 0.6 is 0 Å². The number of nitrogens with one attached hydrogen (secondary N) is 1. The number of aromatic nitrogens is 1. The molecule has 1 aliphatic rings. The number of pyridine rings is 1. The molecule has 21 heavy (non-hydrogen) atoms. The Kier molecular flexibility index (Phi) is 5.45. The van der Waals surface area contributed by atoms with E-state index in [1.54, 1.807) is 12.1 Å². The Balaban J connectivity index is 1.99. The minimum atomic E-state index is -1.07. The molecule has 1 fully saturated rings. The number of ether oxygens (including phenoxy) is 1. The number of carbonyl (C=O) groups is 2. The van der Waals surface area contributed by atoms with E-state index in [2.05, 4.69) is 10.3 Å². The van der Waals surface area contributed by atoms with Crippen LogP contribution in [0, 0.1) is 5.92 Å². The summed E-state index contributed by atoms with van der Waals surface area (Å²) in [6, 6.07) is 3.32. The number of hydrogen-bond acceptors (Lipinski definition) is 4. The Labute approximate surface area is 122 Å². The van der Waals surface area contributed by atoms with E-state index in [0.29, 0.717) is 24.6 Å². The molecule has 0 radical (unpaired) electrons. The molecule has 2 rings (SSSR count). The maximum Gasteiger partial charge on any atom is 0.328 e. The van der Waals surface area contributed by atoms with Crippen LogP contribution in [0.2, 0.25) is 0 Å². The molecule has 2 N–H and O–H groups in total. The van der Waals surface area contributed by atoms with Crippen LogP contribution in [0.5, 0.6) is 0 Å². The number of amides is 1. The summed E-state index contributed by atoms with van der Waals surface area (Å²) in [5.41, 5.74) is 0.712. The SMILES string of the molecule is O=C(O)/C=C/c1cccnc1C(=O)NCC1CCCOC1. The second kappa shape index (κ2) is 7.54. The molecule has 6 nitrogen and oxygen atoms in total. The van der Waals surface area contributed by atoms with Crippen molar-refractivity contribution in [1.82, 2.24) is 10.3 Å². The van der Waals surface area contributed by atoms with Crippen molar-refractivity contribution < 1.29 is 19.4 Å². The molecule has 1 aromatic rings. The third-order valence-electron chi connectivity index (χ3n) is 3.27. The highest BCUT2D eigenvalue weighted by molar-refractivity contribution is 5.97. The van der Waals surface area contributed by atoms with Gasteiger partial charge >= 0.3 is 5.97 Å². The van der Waals surface area contributed by atoms with E-state index in [4.69, 9.17) is 9.84 Å². The van der Waals surface area contributed by atoms with Gasteiger partial charge in [-0.2, -0.15) is 0 Å². The van der Waals surface area contributed by atoms with E-state index >= 15 is 0 Å². The topological polar surface area (TPSA) is 88.5 Å². The number of carboxylic acid groups (broad SMARTS) is 1. The number of hydrogen-bond donors (Lipinski definition) is 2. The molecule has 112 valence electrons. The van der Waals surface area contributed by atoms with Gasteiger partial charge < -0.3 is 15.2 Å². The smallest absolute Gasteiger partial charge is 0.328 e. The van der Waals surface area contributed by atoms with Crippen LogP contribution in [-0.2, 0) is 9.53 Å². The molecule has 0 aliphatic carbocycles. The van der Waals surface area contributed by atoms with Crippen LogP contribution in [0.3, 0.4) is 0 Å². The quantitative estimate of drug-likeness (QED) is 0.799. The first-order chi connectivity index (χ1) is 10.2. The molecule has 1 unspecified atom stereocenters. The molecule has 1 aromatic heterocycles. The number of carbonyl (C=O) groups excluding carboxylic acids is 1. The number of carboxylic acids is 1. The lowest BCUT2D eigenvalue weighted by molar-refractivity contribution is -0.131. The van der Waals surface area contributed by atoms with Crippen molar-refractivity contribution in [1.29, 1.82) is 0 Å². The number of nitrogens with zero attached hydrogens (tertiary/aromatic N) is 1. The molecular weight excluding hydrogens is 272 g/mol. The average molecular weight is 290 g/mol. The summed E-state index contributed by atoms with van der Waals surface area (Å²) in [6.07, 6.45) is 5.92. The summed E-state index contributed by atoms with van der Waals surface area (Å²) in [6.45, 7) is 1.99. The third kappa shape index (κ3) is 4.68. The summed E-state index contributed by atoms with van der Waals surface area (Å²) in [7, 11) is 0. The Morgan fingerprint density at radius 3 is 3.10 bits per heavy atom. The highest BCUT2D eigenvalue weighted by Crippen LogP contribution is 2.13. The average Bonchev–Trinajstić information content (AvgIpc) is 2.52. The highest BCUT2D eigenvalue weighted by Gasteiger charge is 2.17. The first-order valence-electron chi connectivity index (χ1n) is 6.89. The fourth-order valence-corrected chi connectivity index (χ4v) is 2.19. The van der Waals surface area contributed by atoms with Crippen molar-refractivity contribution in [3.63, 3.8) is 0 Å². The Bertz CT molecular complexity index is 536. The zero-order valence-electron chi connectivity index (χ0n) is 11.6. The lowest BCUT2D eigenvalue weighted by Gasteiger charge is -2.22. The molecule has 0 bridgehead atoms. The van der Waals surface area contributed by atoms with Gasteiger partial charge in [0.15, 0.2) is 0 Å². The summed E-state index contributed by atoms with van der Waals surface area (Å²) in [5.74, 6) is -1.04. The van der Waals surface area contributed by atoms with Gasteiger partial charge in [0.1, 0.15) is 5.69 Å². The molecule has 6 heteroatoms. The van der Waals surface area contributed by atoms with Crippen LogP contribution in [0.1, 0.15) is 28.9 Å². The zero-order valence-corrected chi connectivity index (χ0v) is 11.6. The van der Waals surface area contributed by atoms with Gasteiger partial charge in [0, 0.05) is 31.0 Å². The van der Waals surface area contributed by atoms with Gasteiger partial charge in [0.25, 0.3) is 5.91 Å². The Morgan fingerprint density at radius 1 is 1.52 bits per heavy atom. The highest BCUT2D eigenvalue weighted by atomic mass is 16.5. The third-order valence-corrected chi connectivity index (χ3v) is 3.27. The summed E-state index contributed by atoms with van der Waals surface area (Å²) < 4.78 is 5.37. The van der Waals surface area contributed by atoms with Crippen LogP contribution < -0.4 is 5.32 Å². The lowest BCUT2D eigenvalue weighted by atomic mass is 10.0. The molecule has 0 spiro atoms. The first kappa shape index (κ1) is 15.2. The first-order valence-corrected chi connectivity index (χ1v) is 6.89. The fraction of sp³-hybridized carbons (Fsp3) is 0.400. The second-order valence-corrected chi connectivity index (χ2v) is 4.91. The number of aliphatic carboxylic acids is 1. The largest absolute Gasteiger partial charge is 0.478 e. The Hall–Kier alpha value is -2.21. The van der Waals surface area contributed by atoms with E-state index < -0.39 is 5.97 Å². The van der Waals surface area contributed by atoms with E-state index in [0.717, 1.165) is 25.5 Å². The molecule has 0 saturated carbocycles. The van der Waals surface area contributed by atoms with Crippen molar-refractivity contribution >= 4 is 18.0 Å². The fourth-order valence-electron chi connectivity index (χ4n) is 2.19. The summed E-state index contributed by atoms with van der Waals surface area (Å²) >= 11 is 0. The minimum Gasteiger partial charge on any atom is -0.478 e.